The average Bonchev–Trinajstić information content (AvgIpc) is 2.68. The van der Waals surface area contributed by atoms with Crippen molar-refractivity contribution in [1.29, 1.82) is 0 Å². The number of aromatic amines is 1. The Morgan fingerprint density at radius 1 is 1.17 bits per heavy atom. The Hall–Kier alpha value is -0.970. The summed E-state index contributed by atoms with van der Waals surface area (Å²) in [5.74, 6) is 2.35. The lowest BCUT2D eigenvalue weighted by Crippen LogP contribution is -2.24. The molecule has 0 atom stereocenters. The van der Waals surface area contributed by atoms with Gasteiger partial charge in [-0.2, -0.15) is 11.8 Å². The third kappa shape index (κ3) is 2.55. The SMILES string of the molecule is O=c1[nH]c(NC2CCCCCC2)nc2c1CSC2. The zero-order valence-corrected chi connectivity index (χ0v) is 11.3. The number of hydrogen-bond donors (Lipinski definition) is 2. The minimum Gasteiger partial charge on any atom is -0.353 e. The maximum absolute atomic E-state index is 11.9. The van der Waals surface area contributed by atoms with Gasteiger partial charge in [-0.05, 0) is 12.8 Å². The average molecular weight is 265 g/mol. The van der Waals surface area contributed by atoms with E-state index in [-0.39, 0.29) is 5.56 Å². The van der Waals surface area contributed by atoms with Gasteiger partial charge < -0.3 is 5.32 Å². The van der Waals surface area contributed by atoms with E-state index in [0.29, 0.717) is 12.0 Å². The van der Waals surface area contributed by atoms with Gasteiger partial charge in [-0.1, -0.05) is 25.7 Å². The first kappa shape index (κ1) is 12.1. The van der Waals surface area contributed by atoms with Crippen LogP contribution in [0.3, 0.4) is 0 Å². The fourth-order valence-electron chi connectivity index (χ4n) is 2.75. The first-order chi connectivity index (χ1) is 8.83. The molecule has 0 bridgehead atoms. The van der Waals surface area contributed by atoms with Crippen LogP contribution in [0.15, 0.2) is 4.79 Å². The van der Waals surface area contributed by atoms with Gasteiger partial charge in [-0.15, -0.1) is 0 Å². The van der Waals surface area contributed by atoms with Crippen molar-refractivity contribution in [3.63, 3.8) is 0 Å². The van der Waals surface area contributed by atoms with Gasteiger partial charge >= 0.3 is 0 Å². The summed E-state index contributed by atoms with van der Waals surface area (Å²) < 4.78 is 0. The molecule has 1 aliphatic carbocycles. The van der Waals surface area contributed by atoms with Gasteiger partial charge in [0.15, 0.2) is 0 Å². The summed E-state index contributed by atoms with van der Waals surface area (Å²) in [6.07, 6.45) is 7.61. The molecule has 2 aliphatic rings. The smallest absolute Gasteiger partial charge is 0.256 e. The lowest BCUT2D eigenvalue weighted by atomic mass is 10.1. The highest BCUT2D eigenvalue weighted by molar-refractivity contribution is 7.98. The van der Waals surface area contributed by atoms with Gasteiger partial charge in [-0.25, -0.2) is 4.98 Å². The number of rotatable bonds is 2. The number of fused-ring (bicyclic) bond motifs is 1. The normalized spacial score (nSPS) is 20.4. The van der Waals surface area contributed by atoms with E-state index in [1.54, 1.807) is 11.8 Å². The number of nitrogens with one attached hydrogen (secondary N) is 2. The van der Waals surface area contributed by atoms with Crippen molar-refractivity contribution in [2.45, 2.75) is 56.1 Å². The summed E-state index contributed by atoms with van der Waals surface area (Å²) in [6.45, 7) is 0. The molecule has 1 saturated carbocycles. The molecule has 0 spiro atoms. The van der Waals surface area contributed by atoms with Crippen LogP contribution in [0, 0.1) is 0 Å². The number of anilines is 1. The fourth-order valence-corrected chi connectivity index (χ4v) is 3.78. The standard InChI is InChI=1S/C13H19N3OS/c17-12-10-7-18-8-11(10)15-13(16-12)14-9-5-3-1-2-4-6-9/h9H,1-8H2,(H2,14,15,16,17). The Morgan fingerprint density at radius 2 is 1.94 bits per heavy atom. The van der Waals surface area contributed by atoms with E-state index < -0.39 is 0 Å². The maximum Gasteiger partial charge on any atom is 0.256 e. The molecule has 1 aromatic rings. The molecule has 1 aliphatic heterocycles. The van der Waals surface area contributed by atoms with E-state index in [2.05, 4.69) is 15.3 Å². The first-order valence-electron chi connectivity index (χ1n) is 6.79. The van der Waals surface area contributed by atoms with Crippen LogP contribution in [-0.4, -0.2) is 16.0 Å². The van der Waals surface area contributed by atoms with Crippen LogP contribution in [0.5, 0.6) is 0 Å². The van der Waals surface area contributed by atoms with E-state index in [1.807, 2.05) is 0 Å². The van der Waals surface area contributed by atoms with Crippen molar-refractivity contribution >= 4 is 17.7 Å². The van der Waals surface area contributed by atoms with E-state index in [1.165, 1.54) is 38.5 Å². The molecule has 1 aromatic heterocycles. The van der Waals surface area contributed by atoms with Gasteiger partial charge in [0.1, 0.15) is 0 Å². The Labute approximate surface area is 111 Å². The Bertz CT molecular complexity index is 478. The molecule has 5 heteroatoms. The van der Waals surface area contributed by atoms with E-state index in [9.17, 15) is 4.79 Å². The van der Waals surface area contributed by atoms with Crippen molar-refractivity contribution in [3.8, 4) is 0 Å². The van der Waals surface area contributed by atoms with Gasteiger partial charge in [0, 0.05) is 23.1 Å². The van der Waals surface area contributed by atoms with Crippen LogP contribution in [0.4, 0.5) is 5.95 Å². The lowest BCUT2D eigenvalue weighted by molar-refractivity contribution is 0.614. The second-order valence-corrected chi connectivity index (χ2v) is 6.15. The van der Waals surface area contributed by atoms with E-state index >= 15 is 0 Å². The molecule has 1 fully saturated rings. The third-order valence-electron chi connectivity index (χ3n) is 3.78. The summed E-state index contributed by atoms with van der Waals surface area (Å²) >= 11 is 1.76. The van der Waals surface area contributed by atoms with Gasteiger partial charge in [0.25, 0.3) is 5.56 Å². The van der Waals surface area contributed by atoms with Crippen molar-refractivity contribution < 1.29 is 0 Å². The van der Waals surface area contributed by atoms with Crippen LogP contribution < -0.4 is 10.9 Å². The molecule has 0 radical (unpaired) electrons. The molecule has 0 amide bonds. The summed E-state index contributed by atoms with van der Waals surface area (Å²) in [5, 5.41) is 3.42. The topological polar surface area (TPSA) is 57.8 Å². The van der Waals surface area contributed by atoms with Crippen LogP contribution in [0.2, 0.25) is 0 Å². The highest BCUT2D eigenvalue weighted by Crippen LogP contribution is 2.26. The number of aromatic nitrogens is 2. The highest BCUT2D eigenvalue weighted by atomic mass is 32.2. The van der Waals surface area contributed by atoms with Crippen molar-refractivity contribution in [1.82, 2.24) is 9.97 Å². The number of thioether (sulfide) groups is 1. The minimum atomic E-state index is 0.0427. The summed E-state index contributed by atoms with van der Waals surface area (Å²) in [4.78, 5) is 19.3. The quantitative estimate of drug-likeness (QED) is 0.807. The molecule has 2 N–H and O–H groups in total. The molecular formula is C13H19N3OS. The van der Waals surface area contributed by atoms with Crippen LogP contribution in [0.25, 0.3) is 0 Å². The number of hydrogen-bond acceptors (Lipinski definition) is 4. The molecule has 0 aromatic carbocycles. The Kier molecular flexibility index (Phi) is 3.59. The van der Waals surface area contributed by atoms with Gasteiger partial charge in [-0.3, -0.25) is 9.78 Å². The van der Waals surface area contributed by atoms with Crippen LogP contribution >= 0.6 is 11.8 Å². The molecular weight excluding hydrogens is 246 g/mol. The maximum atomic E-state index is 11.9. The zero-order chi connectivity index (χ0) is 12.4. The molecule has 3 rings (SSSR count). The van der Waals surface area contributed by atoms with E-state index in [4.69, 9.17) is 0 Å². The molecule has 2 heterocycles. The van der Waals surface area contributed by atoms with Gasteiger partial charge in [0.2, 0.25) is 5.95 Å². The molecule has 18 heavy (non-hydrogen) atoms. The second-order valence-electron chi connectivity index (χ2n) is 5.17. The summed E-state index contributed by atoms with van der Waals surface area (Å²) in [7, 11) is 0. The van der Waals surface area contributed by atoms with Gasteiger partial charge in [0.05, 0.1) is 5.69 Å². The Balaban J connectivity index is 1.76. The second kappa shape index (κ2) is 5.34. The molecule has 4 nitrogen and oxygen atoms in total. The number of H-pyrrole nitrogens is 1. The largest absolute Gasteiger partial charge is 0.353 e. The summed E-state index contributed by atoms with van der Waals surface area (Å²) in [6, 6.07) is 0.475. The van der Waals surface area contributed by atoms with Crippen LogP contribution in [-0.2, 0) is 11.5 Å². The predicted octanol–water partition coefficient (Wildman–Crippen LogP) is 2.65. The monoisotopic (exact) mass is 265 g/mol. The minimum absolute atomic E-state index is 0.0427. The predicted molar refractivity (Wildman–Crippen MR) is 75.0 cm³/mol. The summed E-state index contributed by atoms with van der Waals surface area (Å²) in [5.41, 5.74) is 1.88. The van der Waals surface area contributed by atoms with Crippen molar-refractivity contribution in [2.75, 3.05) is 5.32 Å². The molecule has 98 valence electrons. The van der Waals surface area contributed by atoms with Crippen molar-refractivity contribution in [3.05, 3.63) is 21.6 Å². The van der Waals surface area contributed by atoms with Crippen LogP contribution in [0.1, 0.15) is 49.8 Å². The van der Waals surface area contributed by atoms with E-state index in [0.717, 1.165) is 22.8 Å². The number of nitrogens with zero attached hydrogens (tertiary/aromatic N) is 1. The van der Waals surface area contributed by atoms with Crippen molar-refractivity contribution in [2.24, 2.45) is 0 Å². The third-order valence-corrected chi connectivity index (χ3v) is 4.75. The lowest BCUT2D eigenvalue weighted by Gasteiger charge is -2.16. The molecule has 0 unspecified atom stereocenters. The first-order valence-corrected chi connectivity index (χ1v) is 7.95. The molecule has 0 saturated heterocycles. The Morgan fingerprint density at radius 3 is 2.72 bits per heavy atom. The fraction of sp³-hybridized carbons (Fsp3) is 0.692. The highest BCUT2D eigenvalue weighted by Gasteiger charge is 2.19. The zero-order valence-electron chi connectivity index (χ0n) is 10.5.